The fraction of sp³-hybridized carbons (Fsp3) is 0.0698. The van der Waals surface area contributed by atoms with E-state index in [4.69, 9.17) is 4.42 Å². The van der Waals surface area contributed by atoms with Gasteiger partial charge in [-0.1, -0.05) is 98.8 Å². The lowest BCUT2D eigenvalue weighted by Gasteiger charge is -2.22. The predicted octanol–water partition coefficient (Wildman–Crippen LogP) is 11.8. The van der Waals surface area contributed by atoms with Crippen LogP contribution in [-0.2, 0) is 5.41 Å². The van der Waals surface area contributed by atoms with Gasteiger partial charge in [-0.05, 0) is 103 Å². The van der Waals surface area contributed by atoms with Crippen molar-refractivity contribution >= 4 is 54.1 Å². The Kier molecular flexibility index (Phi) is 4.82. The highest BCUT2D eigenvalue weighted by molar-refractivity contribution is 6.25. The van der Waals surface area contributed by atoms with E-state index in [0.29, 0.717) is 0 Å². The topological polar surface area (TPSA) is 18.1 Å². The molecular weight excluding hydrogens is 546 g/mol. The lowest BCUT2D eigenvalue weighted by molar-refractivity contribution is 0.582. The van der Waals surface area contributed by atoms with Gasteiger partial charge in [0.25, 0.3) is 0 Å². The van der Waals surface area contributed by atoms with E-state index < -0.39 is 0 Å². The normalized spacial score (nSPS) is 13.7. The second-order valence-corrected chi connectivity index (χ2v) is 13.0. The van der Waals surface area contributed by atoms with Gasteiger partial charge in [-0.2, -0.15) is 0 Å². The number of nitrogens with zero attached hydrogens (tertiary/aromatic N) is 1. The molecule has 0 unspecified atom stereocenters. The van der Waals surface area contributed by atoms with E-state index in [1.165, 1.54) is 82.1 Å². The van der Waals surface area contributed by atoms with Gasteiger partial charge in [-0.15, -0.1) is 0 Å². The van der Waals surface area contributed by atoms with Gasteiger partial charge < -0.3 is 8.98 Å². The molecule has 0 spiro atoms. The van der Waals surface area contributed by atoms with E-state index in [1.54, 1.807) is 6.26 Å². The van der Waals surface area contributed by atoms with E-state index >= 15 is 0 Å². The molecule has 10 rings (SSSR count). The Bertz CT molecular complexity index is 2630. The van der Waals surface area contributed by atoms with E-state index in [9.17, 15) is 0 Å². The van der Waals surface area contributed by atoms with E-state index in [0.717, 1.165) is 11.3 Å². The van der Waals surface area contributed by atoms with Crippen LogP contribution in [0, 0.1) is 0 Å². The molecule has 0 saturated carbocycles. The number of para-hydroxylation sites is 1. The summed E-state index contributed by atoms with van der Waals surface area (Å²) in [5.74, 6) is 0.906. The maximum atomic E-state index is 5.77. The molecule has 0 radical (unpaired) electrons. The first-order valence-electron chi connectivity index (χ1n) is 15.7. The first-order chi connectivity index (χ1) is 22.1. The highest BCUT2D eigenvalue weighted by Gasteiger charge is 2.37. The van der Waals surface area contributed by atoms with Crippen molar-refractivity contribution in [3.8, 4) is 28.1 Å². The Balaban J connectivity index is 1.26. The molecule has 1 aliphatic rings. The van der Waals surface area contributed by atoms with Gasteiger partial charge in [0.2, 0.25) is 0 Å². The lowest BCUT2D eigenvalue weighted by atomic mass is 9.81. The average molecular weight is 576 g/mol. The van der Waals surface area contributed by atoms with Crippen LogP contribution in [0.2, 0.25) is 0 Å². The fourth-order valence-corrected chi connectivity index (χ4v) is 8.11. The quantitative estimate of drug-likeness (QED) is 0.188. The highest BCUT2D eigenvalue weighted by atomic mass is 16.3. The third kappa shape index (κ3) is 3.29. The molecule has 2 heteroatoms. The smallest absolute Gasteiger partial charge is 0.133 e. The van der Waals surface area contributed by atoms with Gasteiger partial charge >= 0.3 is 0 Å². The Morgan fingerprint density at radius 1 is 0.467 bits per heavy atom. The molecule has 7 aromatic carbocycles. The SMILES string of the molecule is CC1(C)c2cc(-c3ccco3)ccc2-c2cc3c4ccccc4n(-c4ccc5c6ccccc6c6ccccc6c5c4)c3cc21. The summed E-state index contributed by atoms with van der Waals surface area (Å²) in [5, 5.41) is 10.3. The number of aromatic nitrogens is 1. The number of furan rings is 1. The van der Waals surface area contributed by atoms with E-state index in [1.807, 2.05) is 12.1 Å². The van der Waals surface area contributed by atoms with Crippen LogP contribution >= 0.6 is 0 Å². The number of benzene rings is 7. The Morgan fingerprint density at radius 2 is 1.11 bits per heavy atom. The lowest BCUT2D eigenvalue weighted by Crippen LogP contribution is -2.15. The summed E-state index contributed by atoms with van der Waals surface area (Å²) in [4.78, 5) is 0. The van der Waals surface area contributed by atoms with Crippen molar-refractivity contribution in [2.45, 2.75) is 19.3 Å². The van der Waals surface area contributed by atoms with Crippen molar-refractivity contribution in [1.82, 2.24) is 4.57 Å². The van der Waals surface area contributed by atoms with Crippen LogP contribution in [0.25, 0.3) is 82.3 Å². The van der Waals surface area contributed by atoms with Gasteiger partial charge in [0, 0.05) is 27.4 Å². The third-order valence-electron chi connectivity index (χ3n) is 10.3. The molecule has 0 fully saturated rings. The summed E-state index contributed by atoms with van der Waals surface area (Å²) in [6.45, 7) is 4.71. The van der Waals surface area contributed by atoms with Crippen LogP contribution in [-0.4, -0.2) is 4.57 Å². The fourth-order valence-electron chi connectivity index (χ4n) is 8.11. The van der Waals surface area contributed by atoms with Crippen molar-refractivity contribution in [2.24, 2.45) is 0 Å². The Morgan fingerprint density at radius 3 is 1.82 bits per heavy atom. The molecular formula is C43H29NO. The molecule has 0 atom stereocenters. The molecule has 2 aromatic heterocycles. The van der Waals surface area contributed by atoms with Crippen molar-refractivity contribution < 1.29 is 4.42 Å². The summed E-state index contributed by atoms with van der Waals surface area (Å²) in [5.41, 5.74) is 9.97. The summed E-state index contributed by atoms with van der Waals surface area (Å²) in [6, 6.07) is 49.2. The minimum Gasteiger partial charge on any atom is -0.464 e. The monoisotopic (exact) mass is 575 g/mol. The minimum absolute atomic E-state index is 0.152. The zero-order valence-electron chi connectivity index (χ0n) is 25.1. The molecule has 45 heavy (non-hydrogen) atoms. The van der Waals surface area contributed by atoms with E-state index in [2.05, 4.69) is 140 Å². The predicted molar refractivity (Wildman–Crippen MR) is 189 cm³/mol. The van der Waals surface area contributed by atoms with Gasteiger partial charge in [0.05, 0.1) is 17.3 Å². The Labute approximate surface area is 260 Å². The van der Waals surface area contributed by atoms with Crippen LogP contribution in [0.1, 0.15) is 25.0 Å². The molecule has 0 aliphatic heterocycles. The summed E-state index contributed by atoms with van der Waals surface area (Å²) in [6.07, 6.45) is 1.75. The Hall–Kier alpha value is -5.60. The molecule has 0 N–H and O–H groups in total. The second-order valence-electron chi connectivity index (χ2n) is 13.0. The van der Waals surface area contributed by atoms with Crippen LogP contribution < -0.4 is 0 Å². The van der Waals surface area contributed by atoms with Gasteiger partial charge in [-0.25, -0.2) is 0 Å². The number of hydrogen-bond acceptors (Lipinski definition) is 1. The van der Waals surface area contributed by atoms with Gasteiger partial charge in [0.1, 0.15) is 5.76 Å². The molecule has 1 aliphatic carbocycles. The average Bonchev–Trinajstić information content (AvgIpc) is 3.79. The second kappa shape index (κ2) is 8.74. The molecule has 0 amide bonds. The minimum atomic E-state index is -0.152. The number of fused-ring (bicyclic) bond motifs is 12. The van der Waals surface area contributed by atoms with Crippen LogP contribution in [0.15, 0.2) is 144 Å². The molecule has 2 heterocycles. The molecule has 0 bridgehead atoms. The molecule has 2 nitrogen and oxygen atoms in total. The van der Waals surface area contributed by atoms with E-state index in [-0.39, 0.29) is 5.41 Å². The van der Waals surface area contributed by atoms with Crippen molar-refractivity contribution in [3.63, 3.8) is 0 Å². The van der Waals surface area contributed by atoms with Crippen molar-refractivity contribution in [2.75, 3.05) is 0 Å². The maximum absolute atomic E-state index is 5.77. The molecule has 0 saturated heterocycles. The molecule has 9 aromatic rings. The molecule has 212 valence electrons. The first kappa shape index (κ1) is 24.8. The third-order valence-corrected chi connectivity index (χ3v) is 10.3. The zero-order chi connectivity index (χ0) is 29.9. The van der Waals surface area contributed by atoms with Crippen LogP contribution in [0.3, 0.4) is 0 Å². The van der Waals surface area contributed by atoms with Gasteiger partial charge in [0.15, 0.2) is 0 Å². The largest absolute Gasteiger partial charge is 0.464 e. The van der Waals surface area contributed by atoms with Crippen LogP contribution in [0.4, 0.5) is 0 Å². The van der Waals surface area contributed by atoms with Crippen molar-refractivity contribution in [1.29, 1.82) is 0 Å². The number of hydrogen-bond donors (Lipinski definition) is 0. The van der Waals surface area contributed by atoms with Crippen LogP contribution in [0.5, 0.6) is 0 Å². The number of rotatable bonds is 2. The van der Waals surface area contributed by atoms with Gasteiger partial charge in [-0.3, -0.25) is 0 Å². The maximum Gasteiger partial charge on any atom is 0.133 e. The zero-order valence-corrected chi connectivity index (χ0v) is 25.1. The summed E-state index contributed by atoms with van der Waals surface area (Å²) >= 11 is 0. The van der Waals surface area contributed by atoms with Crippen molar-refractivity contribution in [3.05, 3.63) is 151 Å². The highest BCUT2D eigenvalue weighted by Crippen LogP contribution is 2.52. The summed E-state index contributed by atoms with van der Waals surface area (Å²) in [7, 11) is 0. The first-order valence-corrected chi connectivity index (χ1v) is 15.7. The summed E-state index contributed by atoms with van der Waals surface area (Å²) < 4.78 is 8.24. The standard InChI is InChI=1S/C43H29NO/c1-43(2)38-22-26(42-16-9-21-45-42)17-19-33(38)36-24-37-34-14-7-8-15-40(34)44(41(37)25-39(36)43)27-18-20-32-30-12-4-3-10-28(30)29-11-5-6-13-31(29)35(32)23-27/h3-25H,1-2H3.